The van der Waals surface area contributed by atoms with E-state index in [4.69, 9.17) is 16.3 Å². The van der Waals surface area contributed by atoms with Gasteiger partial charge in [-0.2, -0.15) is 0 Å². The Balaban J connectivity index is 1.75. The van der Waals surface area contributed by atoms with E-state index in [0.717, 1.165) is 26.5 Å². The molecule has 1 unspecified atom stereocenters. The number of ether oxygens (including phenoxy) is 1. The van der Waals surface area contributed by atoms with Gasteiger partial charge in [-0.3, -0.25) is 0 Å². The first kappa shape index (κ1) is 13.9. The van der Waals surface area contributed by atoms with Crippen molar-refractivity contribution < 1.29 is 30.7 Å². The summed E-state index contributed by atoms with van der Waals surface area (Å²) < 4.78 is 7.90. The van der Waals surface area contributed by atoms with Crippen LogP contribution in [-0.2, 0) is 6.61 Å². The second kappa shape index (κ2) is 6.14. The molecular formula is C16H13ClIO2-. The molecule has 0 aromatic heterocycles. The van der Waals surface area contributed by atoms with Gasteiger partial charge in [0.05, 0.1) is 0 Å². The van der Waals surface area contributed by atoms with Gasteiger partial charge in [0.2, 0.25) is 0 Å². The van der Waals surface area contributed by atoms with Gasteiger partial charge < -0.3 is 0 Å². The zero-order valence-electron chi connectivity index (χ0n) is 10.7. The van der Waals surface area contributed by atoms with Crippen molar-refractivity contribution in [2.24, 2.45) is 0 Å². The second-order valence-corrected chi connectivity index (χ2v) is 8.23. The third kappa shape index (κ3) is 3.15. The number of carbonyl (C=O) groups excluding carboxylic acids is 1. The summed E-state index contributed by atoms with van der Waals surface area (Å²) >= 11 is 6.64. The quantitative estimate of drug-likeness (QED) is 0.424. The second-order valence-electron chi connectivity index (χ2n) is 4.56. The topological polar surface area (TPSA) is 26.3 Å². The van der Waals surface area contributed by atoms with Crippen LogP contribution < -0.4 is 25.9 Å². The molecule has 0 radical (unpaired) electrons. The van der Waals surface area contributed by atoms with Crippen LogP contribution in [0.2, 0.25) is 5.02 Å². The van der Waals surface area contributed by atoms with Crippen LogP contribution in [-0.4, -0.2) is 10.7 Å². The van der Waals surface area contributed by atoms with E-state index in [9.17, 15) is 4.79 Å². The summed E-state index contributed by atoms with van der Waals surface area (Å²) in [7, 11) is 0. The first-order valence-corrected chi connectivity index (χ1v) is 9.46. The normalized spacial score (nSPS) is 17.1. The minimum absolute atomic E-state index is 0.339. The number of alkyl halides is 2. The molecule has 0 spiro atoms. The Kier molecular flexibility index (Phi) is 4.27. The summed E-state index contributed by atoms with van der Waals surface area (Å²) in [5.41, 5.74) is 3.11. The number of hydrogen-bond acceptors (Lipinski definition) is 2. The molecule has 2 aromatic carbocycles. The molecule has 0 bridgehead atoms. The van der Waals surface area contributed by atoms with Crippen molar-refractivity contribution in [2.75, 3.05) is 4.43 Å². The van der Waals surface area contributed by atoms with Gasteiger partial charge in [-0.1, -0.05) is 0 Å². The van der Waals surface area contributed by atoms with Gasteiger partial charge >= 0.3 is 134 Å². The van der Waals surface area contributed by atoms with Crippen LogP contribution in [0.25, 0.3) is 0 Å². The Hall–Kier alpha value is -1.07. The first-order chi connectivity index (χ1) is 9.78. The number of carbonyl (C=O) groups is 1. The summed E-state index contributed by atoms with van der Waals surface area (Å²) in [6, 6.07) is 13.2. The van der Waals surface area contributed by atoms with Crippen LogP contribution in [0.15, 0.2) is 42.5 Å². The predicted octanol–water partition coefficient (Wildman–Crippen LogP) is 0.875. The van der Waals surface area contributed by atoms with Crippen LogP contribution >= 0.6 is 11.6 Å². The molecule has 0 N–H and O–H groups in total. The molecule has 1 atom stereocenters. The molecule has 1 aliphatic rings. The minimum atomic E-state index is 0.339. The summed E-state index contributed by atoms with van der Waals surface area (Å²) in [5.74, 6) is 0.756. The van der Waals surface area contributed by atoms with Crippen molar-refractivity contribution in [1.29, 1.82) is 0 Å². The van der Waals surface area contributed by atoms with Crippen molar-refractivity contribution in [1.82, 2.24) is 0 Å². The average Bonchev–Trinajstić information content (AvgIpc) is 3.31. The molecular weight excluding hydrogens is 387 g/mol. The van der Waals surface area contributed by atoms with E-state index in [1.165, 1.54) is 9.99 Å². The monoisotopic (exact) mass is 399 g/mol. The summed E-state index contributed by atoms with van der Waals surface area (Å²) in [5, 5.41) is 0.780. The molecule has 1 heterocycles. The summed E-state index contributed by atoms with van der Waals surface area (Å²) in [4.78, 5) is 10.6. The molecule has 0 saturated carbocycles. The van der Waals surface area contributed by atoms with E-state index in [2.05, 4.69) is 6.07 Å². The Bertz CT molecular complexity index is 621. The van der Waals surface area contributed by atoms with Gasteiger partial charge in [0, 0.05) is 0 Å². The van der Waals surface area contributed by atoms with E-state index in [1.54, 1.807) is 12.1 Å². The zero-order valence-corrected chi connectivity index (χ0v) is 13.6. The molecule has 1 fully saturated rings. The van der Waals surface area contributed by atoms with E-state index >= 15 is 0 Å². The van der Waals surface area contributed by atoms with E-state index in [0.29, 0.717) is 33.4 Å². The van der Waals surface area contributed by atoms with Crippen LogP contribution in [0.1, 0.15) is 25.4 Å². The molecule has 104 valence electrons. The fraction of sp³-hybridized carbons (Fsp3) is 0.188. The first-order valence-electron chi connectivity index (χ1n) is 6.31. The number of halogens is 2. The maximum absolute atomic E-state index is 10.6. The number of aldehydes is 1. The van der Waals surface area contributed by atoms with Gasteiger partial charge in [0.1, 0.15) is 0 Å². The molecule has 3 rings (SSSR count). The maximum atomic E-state index is 10.6. The van der Waals surface area contributed by atoms with Gasteiger partial charge in [-0.05, 0) is 0 Å². The third-order valence-electron chi connectivity index (χ3n) is 3.20. The van der Waals surface area contributed by atoms with Crippen molar-refractivity contribution in [3.05, 3.63) is 64.2 Å². The van der Waals surface area contributed by atoms with Crippen LogP contribution in [0, 0.1) is 0 Å². The summed E-state index contributed by atoms with van der Waals surface area (Å²) in [6.45, 7) is 0.482. The van der Waals surface area contributed by atoms with Gasteiger partial charge in [0.15, 0.2) is 0 Å². The molecule has 1 aliphatic heterocycles. The van der Waals surface area contributed by atoms with Crippen molar-refractivity contribution in [3.63, 3.8) is 0 Å². The van der Waals surface area contributed by atoms with Gasteiger partial charge in [-0.15, -0.1) is 0 Å². The summed E-state index contributed by atoms with van der Waals surface area (Å²) in [6.07, 6.45) is 0.826. The zero-order chi connectivity index (χ0) is 13.9. The van der Waals surface area contributed by atoms with E-state index in [-0.39, 0.29) is 0 Å². The van der Waals surface area contributed by atoms with Crippen molar-refractivity contribution in [2.45, 2.75) is 10.5 Å². The Labute approximate surface area is 133 Å². The third-order valence-corrected chi connectivity index (χ3v) is 5.99. The molecule has 20 heavy (non-hydrogen) atoms. The molecule has 0 amide bonds. The molecule has 0 aliphatic carbocycles. The molecule has 2 aromatic rings. The Morgan fingerprint density at radius 3 is 2.65 bits per heavy atom. The SMILES string of the molecule is O=Cc1ccc(OCc2c(Cl)cccc2C2C[I-]2)cc1. The van der Waals surface area contributed by atoms with Crippen LogP contribution in [0.3, 0.4) is 0 Å². The number of rotatable bonds is 5. The predicted molar refractivity (Wildman–Crippen MR) is 75.2 cm³/mol. The number of hydrogen-bond donors (Lipinski definition) is 0. The Morgan fingerprint density at radius 1 is 1.25 bits per heavy atom. The fourth-order valence-corrected chi connectivity index (χ4v) is 4.05. The van der Waals surface area contributed by atoms with Crippen LogP contribution in [0.4, 0.5) is 0 Å². The van der Waals surface area contributed by atoms with Crippen LogP contribution in [0.5, 0.6) is 5.75 Å². The van der Waals surface area contributed by atoms with Gasteiger partial charge in [0.25, 0.3) is 0 Å². The van der Waals surface area contributed by atoms with Crippen molar-refractivity contribution in [3.8, 4) is 5.75 Å². The number of benzene rings is 2. The van der Waals surface area contributed by atoms with E-state index in [1.807, 2.05) is 24.3 Å². The molecule has 2 nitrogen and oxygen atoms in total. The standard InChI is InChI=1S/C16H13ClIO2/c17-15-3-1-2-13(16-8-18-16)14(15)10-20-12-6-4-11(9-19)5-7-12/h1-7,9,16H,8,10H2/q-1. The Morgan fingerprint density at radius 2 is 2.00 bits per heavy atom. The van der Waals surface area contributed by atoms with E-state index < -0.39 is 0 Å². The van der Waals surface area contributed by atoms with Gasteiger partial charge in [-0.25, -0.2) is 0 Å². The fourth-order valence-electron chi connectivity index (χ4n) is 2.03. The van der Waals surface area contributed by atoms with Crippen molar-refractivity contribution >= 4 is 17.9 Å². The molecule has 4 heteroatoms. The molecule has 1 saturated heterocycles. The average molecular weight is 400 g/mol.